The van der Waals surface area contributed by atoms with Crippen molar-refractivity contribution >= 4 is 21.6 Å². The van der Waals surface area contributed by atoms with Crippen molar-refractivity contribution in [2.45, 2.75) is 25.3 Å². The Labute approximate surface area is 181 Å². The van der Waals surface area contributed by atoms with Gasteiger partial charge < -0.3 is 9.15 Å². The van der Waals surface area contributed by atoms with Gasteiger partial charge in [-0.3, -0.25) is 4.79 Å². The highest BCUT2D eigenvalue weighted by atomic mass is 32.2. The van der Waals surface area contributed by atoms with E-state index >= 15 is 0 Å². The Balaban J connectivity index is 1.61. The number of hydrogen-bond acceptors (Lipinski definition) is 6. The molecule has 0 atom stereocenters. The Kier molecular flexibility index (Phi) is 7.22. The average molecular weight is 442 g/mol. The average Bonchev–Trinajstić information content (AvgIpc) is 3.30. The molecule has 162 valence electrons. The molecule has 0 radical (unpaired) electrons. The molecule has 0 aliphatic rings. The van der Waals surface area contributed by atoms with Gasteiger partial charge in [-0.1, -0.05) is 12.1 Å². The van der Waals surface area contributed by atoms with Gasteiger partial charge in [-0.25, -0.2) is 18.6 Å². The van der Waals surface area contributed by atoms with Crippen LogP contribution in [0.1, 0.15) is 35.5 Å². The van der Waals surface area contributed by atoms with Crippen molar-refractivity contribution in [1.82, 2.24) is 10.1 Å². The van der Waals surface area contributed by atoms with Crippen LogP contribution in [0.25, 0.3) is 0 Å². The van der Waals surface area contributed by atoms with Gasteiger partial charge in [0.2, 0.25) is 10.0 Å². The minimum absolute atomic E-state index is 0.0646. The molecule has 2 aromatic carbocycles. The predicted molar refractivity (Wildman–Crippen MR) is 116 cm³/mol. The quantitative estimate of drug-likeness (QED) is 0.391. The lowest BCUT2D eigenvalue weighted by atomic mass is 10.1. The predicted octanol–water partition coefficient (Wildman–Crippen LogP) is 3.31. The van der Waals surface area contributed by atoms with E-state index < -0.39 is 10.0 Å². The van der Waals surface area contributed by atoms with Gasteiger partial charge in [0.1, 0.15) is 11.5 Å². The molecule has 0 aliphatic heterocycles. The maximum atomic E-state index is 12.4. The molecule has 9 heteroatoms. The molecule has 1 heterocycles. The summed E-state index contributed by atoms with van der Waals surface area (Å²) in [4.78, 5) is 12.4. The molecule has 3 rings (SSSR count). The third-order valence-corrected chi connectivity index (χ3v) is 5.77. The second kappa shape index (κ2) is 10.1. The monoisotopic (exact) mass is 441 g/mol. The van der Waals surface area contributed by atoms with Gasteiger partial charge in [-0.2, -0.15) is 5.10 Å². The number of nitrogens with zero attached hydrogens (tertiary/aromatic N) is 1. The van der Waals surface area contributed by atoms with Gasteiger partial charge in [-0.15, -0.1) is 0 Å². The first kappa shape index (κ1) is 22.3. The number of ether oxygens (including phenoxy) is 1. The van der Waals surface area contributed by atoms with E-state index in [0.717, 1.165) is 0 Å². The summed E-state index contributed by atoms with van der Waals surface area (Å²) in [7, 11) is -3.68. The molecule has 3 aromatic rings. The van der Waals surface area contributed by atoms with Crippen LogP contribution in [-0.4, -0.2) is 26.6 Å². The summed E-state index contributed by atoms with van der Waals surface area (Å²) >= 11 is 0. The van der Waals surface area contributed by atoms with Gasteiger partial charge in [0.25, 0.3) is 5.91 Å². The molecule has 0 saturated heterocycles. The van der Waals surface area contributed by atoms with E-state index in [4.69, 9.17) is 9.15 Å². The lowest BCUT2D eigenvalue weighted by Crippen LogP contribution is -2.23. The van der Waals surface area contributed by atoms with Crippen LogP contribution in [0.3, 0.4) is 0 Å². The summed E-state index contributed by atoms with van der Waals surface area (Å²) in [5.41, 5.74) is 4.16. The zero-order valence-corrected chi connectivity index (χ0v) is 18.0. The van der Waals surface area contributed by atoms with Crippen LogP contribution in [0.15, 0.2) is 81.3 Å². The Morgan fingerprint density at radius 1 is 1.03 bits per heavy atom. The van der Waals surface area contributed by atoms with E-state index in [1.165, 1.54) is 18.4 Å². The molecule has 0 spiro atoms. The number of carbonyl (C=O) groups is 1. The smallest absolute Gasteiger partial charge is 0.271 e. The summed E-state index contributed by atoms with van der Waals surface area (Å²) in [6.45, 7) is 4.22. The zero-order valence-electron chi connectivity index (χ0n) is 17.2. The van der Waals surface area contributed by atoms with Crippen molar-refractivity contribution in [3.63, 3.8) is 0 Å². The van der Waals surface area contributed by atoms with Crippen LogP contribution in [0.2, 0.25) is 0 Å². The van der Waals surface area contributed by atoms with E-state index in [0.29, 0.717) is 35.0 Å². The first-order valence-corrected chi connectivity index (χ1v) is 11.1. The van der Waals surface area contributed by atoms with E-state index in [-0.39, 0.29) is 17.3 Å². The van der Waals surface area contributed by atoms with Gasteiger partial charge >= 0.3 is 0 Å². The van der Waals surface area contributed by atoms with Crippen LogP contribution < -0.4 is 14.9 Å². The maximum Gasteiger partial charge on any atom is 0.271 e. The van der Waals surface area contributed by atoms with Crippen LogP contribution >= 0.6 is 0 Å². The summed E-state index contributed by atoms with van der Waals surface area (Å²) in [6.07, 6.45) is 1.48. The number of hydrogen-bond donors (Lipinski definition) is 2. The van der Waals surface area contributed by atoms with Gasteiger partial charge in [0.15, 0.2) is 0 Å². The second-order valence-corrected chi connectivity index (χ2v) is 8.29. The lowest BCUT2D eigenvalue weighted by molar-refractivity contribution is 0.0955. The number of carbonyl (C=O) groups excluding carboxylic acids is 1. The Morgan fingerprint density at radius 3 is 2.32 bits per heavy atom. The molecule has 2 N–H and O–H groups in total. The van der Waals surface area contributed by atoms with Crippen molar-refractivity contribution in [3.8, 4) is 5.75 Å². The molecule has 8 nitrogen and oxygen atoms in total. The van der Waals surface area contributed by atoms with E-state index in [1.807, 2.05) is 6.92 Å². The molecule has 0 unspecified atom stereocenters. The van der Waals surface area contributed by atoms with Crippen molar-refractivity contribution in [2.24, 2.45) is 5.10 Å². The number of furan rings is 1. The Hall–Kier alpha value is -3.43. The first-order chi connectivity index (χ1) is 14.9. The number of nitrogens with one attached hydrogen (secondary N) is 2. The topological polar surface area (TPSA) is 110 Å². The molecular weight excluding hydrogens is 418 g/mol. The normalized spacial score (nSPS) is 11.9. The van der Waals surface area contributed by atoms with E-state index in [9.17, 15) is 13.2 Å². The van der Waals surface area contributed by atoms with Gasteiger partial charge in [0.05, 0.1) is 30.0 Å². The minimum atomic E-state index is -3.68. The standard InChI is InChI=1S/C22H23N3O5S/c1-3-29-19-10-6-18(7-11-19)22(26)25-24-16(2)17-8-12-21(13-9-17)31(27,28)23-15-20-5-4-14-30-20/h4-14,23H,3,15H2,1-2H3,(H,25,26)/b24-16+. The van der Waals surface area contributed by atoms with Crippen LogP contribution in [0, 0.1) is 0 Å². The van der Waals surface area contributed by atoms with Crippen LogP contribution in [-0.2, 0) is 16.6 Å². The van der Waals surface area contributed by atoms with Crippen LogP contribution in [0.4, 0.5) is 0 Å². The number of rotatable bonds is 9. The summed E-state index contributed by atoms with van der Waals surface area (Å²) in [5, 5.41) is 4.10. The lowest BCUT2D eigenvalue weighted by Gasteiger charge is -2.07. The summed E-state index contributed by atoms with van der Waals surface area (Å²) in [5.74, 6) is 0.850. The molecule has 0 fully saturated rings. The van der Waals surface area contributed by atoms with Crippen molar-refractivity contribution in [3.05, 3.63) is 83.8 Å². The molecule has 0 bridgehead atoms. The van der Waals surface area contributed by atoms with E-state index in [1.54, 1.807) is 55.5 Å². The molecular formula is C22H23N3O5S. The fourth-order valence-corrected chi connectivity index (χ4v) is 3.66. The third-order valence-electron chi connectivity index (χ3n) is 4.35. The Bertz CT molecular complexity index is 1140. The van der Waals surface area contributed by atoms with Crippen molar-refractivity contribution in [2.75, 3.05) is 6.61 Å². The highest BCUT2D eigenvalue weighted by molar-refractivity contribution is 7.89. The molecule has 31 heavy (non-hydrogen) atoms. The fourth-order valence-electron chi connectivity index (χ4n) is 2.67. The van der Waals surface area contributed by atoms with Crippen molar-refractivity contribution < 1.29 is 22.4 Å². The third kappa shape index (κ3) is 6.03. The highest BCUT2D eigenvalue weighted by Crippen LogP contribution is 2.14. The molecule has 0 aliphatic carbocycles. The minimum Gasteiger partial charge on any atom is -0.494 e. The van der Waals surface area contributed by atoms with Gasteiger partial charge in [0, 0.05) is 5.56 Å². The summed E-state index contributed by atoms with van der Waals surface area (Å²) in [6, 6.07) is 16.3. The number of amides is 1. The fraction of sp³-hybridized carbons (Fsp3) is 0.182. The molecule has 1 amide bonds. The molecule has 1 aromatic heterocycles. The second-order valence-electron chi connectivity index (χ2n) is 6.52. The Morgan fingerprint density at radius 2 is 1.71 bits per heavy atom. The zero-order chi connectivity index (χ0) is 22.3. The number of sulfonamides is 1. The largest absolute Gasteiger partial charge is 0.494 e. The number of hydrazone groups is 1. The van der Waals surface area contributed by atoms with Crippen molar-refractivity contribution in [1.29, 1.82) is 0 Å². The first-order valence-electron chi connectivity index (χ1n) is 9.59. The summed E-state index contributed by atoms with van der Waals surface area (Å²) < 4.78 is 37.8. The molecule has 0 saturated carbocycles. The van der Waals surface area contributed by atoms with E-state index in [2.05, 4.69) is 15.2 Å². The van der Waals surface area contributed by atoms with Crippen LogP contribution in [0.5, 0.6) is 5.75 Å². The number of benzene rings is 2. The highest BCUT2D eigenvalue weighted by Gasteiger charge is 2.14. The maximum absolute atomic E-state index is 12.4. The SMILES string of the molecule is CCOc1ccc(C(=O)N/N=C(\C)c2ccc(S(=O)(=O)NCc3ccco3)cc2)cc1. The van der Waals surface area contributed by atoms with Gasteiger partial charge in [-0.05, 0) is 67.9 Å².